The highest BCUT2D eigenvalue weighted by Gasteiger charge is 2.28. The van der Waals surface area contributed by atoms with E-state index in [1.807, 2.05) is 27.1 Å². The van der Waals surface area contributed by atoms with Gasteiger partial charge in [-0.2, -0.15) is 5.10 Å². The van der Waals surface area contributed by atoms with Crippen LogP contribution in [0.4, 0.5) is 0 Å². The molecule has 0 radical (unpaired) electrons. The van der Waals surface area contributed by atoms with Gasteiger partial charge in [-0.05, 0) is 55.0 Å². The van der Waals surface area contributed by atoms with Gasteiger partial charge in [0.05, 0.1) is 11.3 Å². The van der Waals surface area contributed by atoms with E-state index in [4.69, 9.17) is 9.47 Å². The molecule has 1 aliphatic heterocycles. The fourth-order valence-corrected chi connectivity index (χ4v) is 4.56. The van der Waals surface area contributed by atoms with E-state index in [-0.39, 0.29) is 18.7 Å². The highest BCUT2D eigenvalue weighted by atomic mass is 16.7. The van der Waals surface area contributed by atoms with Crippen molar-refractivity contribution in [3.63, 3.8) is 0 Å². The van der Waals surface area contributed by atoms with Gasteiger partial charge in [0.25, 0.3) is 5.91 Å². The summed E-state index contributed by atoms with van der Waals surface area (Å²) >= 11 is 0. The summed E-state index contributed by atoms with van der Waals surface area (Å²) in [6.45, 7) is 6.05. The maximum atomic E-state index is 13.2. The Labute approximate surface area is 196 Å². The van der Waals surface area contributed by atoms with Gasteiger partial charge in [-0.15, -0.1) is 0 Å². The summed E-state index contributed by atoms with van der Waals surface area (Å²) in [6.07, 6.45) is 8.13. The van der Waals surface area contributed by atoms with Gasteiger partial charge in [-0.1, -0.05) is 50.1 Å². The number of allylic oxidation sites excluding steroid dienone is 1. The molecule has 2 aromatic rings. The molecule has 1 amide bonds. The second-order valence-corrected chi connectivity index (χ2v) is 8.99. The smallest absolute Gasteiger partial charge is 0.255 e. The molecule has 0 atom stereocenters. The number of carbonyl (C=O) groups excluding carboxylic acids is 1. The summed E-state index contributed by atoms with van der Waals surface area (Å²) in [6, 6.07) is 10.5. The lowest BCUT2D eigenvalue weighted by Crippen LogP contribution is -2.36. The molecular formula is C27H33N3O3. The second kappa shape index (κ2) is 10.1. The number of carbonyl (C=O) groups is 1. The lowest BCUT2D eigenvalue weighted by molar-refractivity contribution is 0.0923. The minimum atomic E-state index is -0.0734. The molecule has 0 aromatic heterocycles. The van der Waals surface area contributed by atoms with Crippen LogP contribution in [0.3, 0.4) is 0 Å². The molecule has 0 spiro atoms. The van der Waals surface area contributed by atoms with Crippen molar-refractivity contribution in [1.29, 1.82) is 0 Å². The minimum Gasteiger partial charge on any atom is -0.453 e. The van der Waals surface area contributed by atoms with Crippen LogP contribution in [-0.4, -0.2) is 43.6 Å². The molecule has 6 heteroatoms. The molecule has 1 N–H and O–H groups in total. The number of fused-ring (bicyclic) bond motifs is 1. The molecule has 2 aromatic carbocycles. The fraction of sp³-hybridized carbons (Fsp3) is 0.407. The average molecular weight is 448 g/mol. The van der Waals surface area contributed by atoms with Gasteiger partial charge in [0, 0.05) is 25.7 Å². The number of benzene rings is 2. The fourth-order valence-electron chi connectivity index (χ4n) is 4.56. The molecule has 0 bridgehead atoms. The lowest BCUT2D eigenvalue weighted by Gasteiger charge is -2.23. The van der Waals surface area contributed by atoms with Crippen LogP contribution >= 0.6 is 0 Å². The van der Waals surface area contributed by atoms with Crippen molar-refractivity contribution in [1.82, 2.24) is 10.3 Å². The number of ether oxygens (including phenoxy) is 2. The molecule has 0 saturated heterocycles. The molecule has 2 aliphatic rings. The third-order valence-corrected chi connectivity index (χ3v) is 6.33. The first-order chi connectivity index (χ1) is 16.0. The minimum absolute atomic E-state index is 0.0734. The second-order valence-electron chi connectivity index (χ2n) is 8.99. The number of nitrogens with one attached hydrogen (secondary N) is 1. The summed E-state index contributed by atoms with van der Waals surface area (Å²) in [7, 11) is 3.78. The standard InChI is InChI=1S/C27H33N3O3/c1-5-24(29-30(3)4)20-13-11-19(12-14-20)15-21-16-23(26-25(18(21)2)32-17-33-26)27(31)28-22-9-7-6-8-10-22/h5,11-14,16,22H,1,6-10,15,17H2,2-4H3,(H,28,31)/b29-24+. The first-order valence-electron chi connectivity index (χ1n) is 11.7. The van der Waals surface area contributed by atoms with Gasteiger partial charge in [0.1, 0.15) is 0 Å². The maximum absolute atomic E-state index is 13.2. The Bertz CT molecular complexity index is 1050. The first-order valence-corrected chi connectivity index (χ1v) is 11.7. The topological polar surface area (TPSA) is 63.2 Å². The van der Waals surface area contributed by atoms with Crippen molar-refractivity contribution in [3.8, 4) is 11.5 Å². The highest BCUT2D eigenvalue weighted by molar-refractivity contribution is 6.08. The van der Waals surface area contributed by atoms with Gasteiger partial charge in [0.15, 0.2) is 11.5 Å². The Morgan fingerprint density at radius 2 is 1.85 bits per heavy atom. The maximum Gasteiger partial charge on any atom is 0.255 e. The molecule has 1 heterocycles. The molecule has 1 aliphatic carbocycles. The molecule has 0 unspecified atom stereocenters. The summed E-state index contributed by atoms with van der Waals surface area (Å²) < 4.78 is 11.5. The van der Waals surface area contributed by atoms with Crippen molar-refractivity contribution in [3.05, 3.63) is 70.8 Å². The van der Waals surface area contributed by atoms with E-state index in [1.54, 1.807) is 11.1 Å². The Morgan fingerprint density at radius 1 is 1.15 bits per heavy atom. The van der Waals surface area contributed by atoms with Crippen LogP contribution in [0, 0.1) is 6.92 Å². The number of rotatable bonds is 7. The van der Waals surface area contributed by atoms with E-state index in [1.165, 1.54) is 19.3 Å². The molecule has 4 rings (SSSR count). The molecule has 33 heavy (non-hydrogen) atoms. The van der Waals surface area contributed by atoms with Crippen LogP contribution in [0.5, 0.6) is 11.5 Å². The van der Waals surface area contributed by atoms with Crippen LogP contribution in [-0.2, 0) is 6.42 Å². The van der Waals surface area contributed by atoms with E-state index >= 15 is 0 Å². The molecule has 1 saturated carbocycles. The van der Waals surface area contributed by atoms with E-state index in [9.17, 15) is 4.79 Å². The SMILES string of the molecule is C=C/C(=N\N(C)C)c1ccc(Cc2cc(C(=O)NC3CCCCC3)c3c(c2C)OCO3)cc1. The summed E-state index contributed by atoms with van der Waals surface area (Å²) in [4.78, 5) is 13.2. The van der Waals surface area contributed by atoms with Crippen molar-refractivity contribution >= 4 is 11.6 Å². The van der Waals surface area contributed by atoms with Gasteiger partial charge in [-0.25, -0.2) is 0 Å². The van der Waals surface area contributed by atoms with Crippen molar-refractivity contribution < 1.29 is 14.3 Å². The highest BCUT2D eigenvalue weighted by Crippen LogP contribution is 2.41. The van der Waals surface area contributed by atoms with Crippen LogP contribution in [0.25, 0.3) is 0 Å². The average Bonchev–Trinajstić information content (AvgIpc) is 3.31. The molecule has 6 nitrogen and oxygen atoms in total. The monoisotopic (exact) mass is 447 g/mol. The Hall–Kier alpha value is -3.28. The third-order valence-electron chi connectivity index (χ3n) is 6.33. The van der Waals surface area contributed by atoms with E-state index < -0.39 is 0 Å². The summed E-state index contributed by atoms with van der Waals surface area (Å²) in [5.41, 5.74) is 5.63. The van der Waals surface area contributed by atoms with Crippen LogP contribution in [0.2, 0.25) is 0 Å². The largest absolute Gasteiger partial charge is 0.453 e. The predicted molar refractivity (Wildman–Crippen MR) is 131 cm³/mol. The number of hydrogen-bond acceptors (Lipinski definition) is 5. The van der Waals surface area contributed by atoms with Gasteiger partial charge in [0.2, 0.25) is 6.79 Å². The van der Waals surface area contributed by atoms with Crippen molar-refractivity contribution in [2.24, 2.45) is 5.10 Å². The number of nitrogens with zero attached hydrogens (tertiary/aromatic N) is 2. The third kappa shape index (κ3) is 5.21. The van der Waals surface area contributed by atoms with E-state index in [2.05, 4.69) is 41.3 Å². The number of hydrogen-bond donors (Lipinski definition) is 1. The Kier molecular flexibility index (Phi) is 7.02. The Balaban J connectivity index is 1.58. The Morgan fingerprint density at radius 3 is 2.52 bits per heavy atom. The first kappa shape index (κ1) is 22.9. The molecular weight excluding hydrogens is 414 g/mol. The number of amides is 1. The summed E-state index contributed by atoms with van der Waals surface area (Å²) in [5.74, 6) is 1.18. The number of hydrazone groups is 1. The summed E-state index contributed by atoms with van der Waals surface area (Å²) in [5, 5.41) is 9.45. The molecule has 1 fully saturated rings. The lowest BCUT2D eigenvalue weighted by atomic mass is 9.93. The van der Waals surface area contributed by atoms with E-state index in [0.29, 0.717) is 23.5 Å². The zero-order valence-corrected chi connectivity index (χ0v) is 19.8. The molecule has 174 valence electrons. The van der Waals surface area contributed by atoms with Gasteiger partial charge < -0.3 is 19.8 Å². The van der Waals surface area contributed by atoms with Gasteiger partial charge in [-0.3, -0.25) is 4.79 Å². The van der Waals surface area contributed by atoms with E-state index in [0.717, 1.165) is 40.8 Å². The quantitative estimate of drug-likeness (QED) is 0.488. The predicted octanol–water partition coefficient (Wildman–Crippen LogP) is 4.83. The van der Waals surface area contributed by atoms with Crippen LogP contribution in [0.1, 0.15) is 64.7 Å². The van der Waals surface area contributed by atoms with Crippen molar-refractivity contribution in [2.75, 3.05) is 20.9 Å². The van der Waals surface area contributed by atoms with Crippen molar-refractivity contribution in [2.45, 2.75) is 51.5 Å². The zero-order chi connectivity index (χ0) is 23.4. The zero-order valence-electron chi connectivity index (χ0n) is 19.8. The van der Waals surface area contributed by atoms with Gasteiger partial charge >= 0.3 is 0 Å². The van der Waals surface area contributed by atoms with Crippen LogP contribution in [0.15, 0.2) is 48.1 Å². The normalized spacial score (nSPS) is 15.9. The van der Waals surface area contributed by atoms with Crippen LogP contribution < -0.4 is 14.8 Å².